The third-order valence-electron chi connectivity index (χ3n) is 2.53. The van der Waals surface area contributed by atoms with E-state index in [-0.39, 0.29) is 0 Å². The zero-order chi connectivity index (χ0) is 14.7. The minimum Gasteiger partial charge on any atom is -0.302 e. The molecule has 0 aliphatic carbocycles. The summed E-state index contributed by atoms with van der Waals surface area (Å²) in [6.07, 6.45) is 1.73. The van der Waals surface area contributed by atoms with Gasteiger partial charge in [0, 0.05) is 18.1 Å². The smallest absolute Gasteiger partial charge is 0.292 e. The molecule has 0 aliphatic rings. The fourth-order valence-electron chi connectivity index (χ4n) is 1.54. The van der Waals surface area contributed by atoms with Gasteiger partial charge in [-0.3, -0.25) is 14.3 Å². The molecule has 1 aromatic heterocycles. The van der Waals surface area contributed by atoms with Crippen molar-refractivity contribution >= 4 is 45.0 Å². The molecule has 2 aromatic rings. The number of rotatable bonds is 4. The Morgan fingerprint density at radius 2 is 2.00 bits per heavy atom. The molecular formula is C13H11BrClN3O2. The molecule has 1 amide bonds. The highest BCUT2D eigenvalue weighted by Crippen LogP contribution is 2.21. The highest BCUT2D eigenvalue weighted by molar-refractivity contribution is 9.10. The SMILES string of the molecule is CC(=O)C(=O)Nc1nn(Cc2ccc(Cl)cc2)cc1Br. The molecule has 0 fully saturated rings. The van der Waals surface area contributed by atoms with Gasteiger partial charge in [-0.25, -0.2) is 0 Å². The molecule has 20 heavy (non-hydrogen) atoms. The lowest BCUT2D eigenvalue weighted by Crippen LogP contribution is -2.20. The van der Waals surface area contributed by atoms with Gasteiger partial charge in [0.2, 0.25) is 5.78 Å². The Morgan fingerprint density at radius 3 is 2.60 bits per heavy atom. The van der Waals surface area contributed by atoms with Gasteiger partial charge < -0.3 is 5.32 Å². The maximum absolute atomic E-state index is 11.3. The number of benzene rings is 1. The Kier molecular flexibility index (Phi) is 4.57. The zero-order valence-corrected chi connectivity index (χ0v) is 12.9. The van der Waals surface area contributed by atoms with Crippen LogP contribution in [0.4, 0.5) is 5.82 Å². The molecule has 1 aromatic carbocycles. The molecule has 7 heteroatoms. The van der Waals surface area contributed by atoms with Gasteiger partial charge in [-0.1, -0.05) is 23.7 Å². The normalized spacial score (nSPS) is 10.3. The Hall–Kier alpha value is -1.66. The van der Waals surface area contributed by atoms with Crippen molar-refractivity contribution in [2.45, 2.75) is 13.5 Å². The van der Waals surface area contributed by atoms with E-state index in [1.807, 2.05) is 12.1 Å². The summed E-state index contributed by atoms with van der Waals surface area (Å²) in [7, 11) is 0. The van der Waals surface area contributed by atoms with Crippen LogP contribution < -0.4 is 5.32 Å². The molecule has 0 saturated heterocycles. The maximum atomic E-state index is 11.3. The number of aromatic nitrogens is 2. The van der Waals surface area contributed by atoms with Gasteiger partial charge in [0.1, 0.15) is 0 Å². The first kappa shape index (κ1) is 14.7. The van der Waals surface area contributed by atoms with E-state index in [9.17, 15) is 9.59 Å². The zero-order valence-electron chi connectivity index (χ0n) is 10.6. The molecule has 0 atom stereocenters. The van der Waals surface area contributed by atoms with Crippen LogP contribution in [0, 0.1) is 0 Å². The first-order chi connectivity index (χ1) is 9.45. The standard InChI is InChI=1S/C13H11BrClN3O2/c1-8(19)13(20)16-12-11(14)7-18(17-12)6-9-2-4-10(15)5-3-9/h2-5,7H,6H2,1H3,(H,16,17,20). The average Bonchev–Trinajstić information content (AvgIpc) is 2.72. The van der Waals surface area contributed by atoms with Crippen LogP contribution in [0.5, 0.6) is 0 Å². The minimum atomic E-state index is -0.692. The first-order valence-corrected chi connectivity index (χ1v) is 6.92. The summed E-state index contributed by atoms with van der Waals surface area (Å²) in [4.78, 5) is 22.2. The van der Waals surface area contributed by atoms with Crippen LogP contribution in [0.25, 0.3) is 0 Å². The summed E-state index contributed by atoms with van der Waals surface area (Å²) in [6, 6.07) is 7.39. The third kappa shape index (κ3) is 3.68. The van der Waals surface area contributed by atoms with Gasteiger partial charge in [-0.2, -0.15) is 5.10 Å². The molecule has 1 heterocycles. The summed E-state index contributed by atoms with van der Waals surface area (Å²) >= 11 is 9.11. The molecule has 0 bridgehead atoms. The number of hydrogen-bond acceptors (Lipinski definition) is 3. The van der Waals surface area contributed by atoms with Crippen molar-refractivity contribution in [3.63, 3.8) is 0 Å². The number of anilines is 1. The topological polar surface area (TPSA) is 64.0 Å². The Morgan fingerprint density at radius 1 is 1.35 bits per heavy atom. The minimum absolute atomic E-state index is 0.319. The molecule has 0 aliphatic heterocycles. The van der Waals surface area contributed by atoms with Crippen molar-refractivity contribution in [3.05, 3.63) is 45.5 Å². The predicted molar refractivity (Wildman–Crippen MR) is 79.8 cm³/mol. The van der Waals surface area contributed by atoms with Crippen LogP contribution in [-0.4, -0.2) is 21.5 Å². The second kappa shape index (κ2) is 6.19. The lowest BCUT2D eigenvalue weighted by molar-refractivity contribution is -0.133. The lowest BCUT2D eigenvalue weighted by Gasteiger charge is -2.02. The van der Waals surface area contributed by atoms with Crippen molar-refractivity contribution in [1.29, 1.82) is 0 Å². The summed E-state index contributed by atoms with van der Waals surface area (Å²) < 4.78 is 2.27. The molecule has 0 spiro atoms. The van der Waals surface area contributed by atoms with Gasteiger partial charge in [0.05, 0.1) is 11.0 Å². The fourth-order valence-corrected chi connectivity index (χ4v) is 2.08. The molecule has 0 saturated carbocycles. The van der Waals surface area contributed by atoms with E-state index in [0.29, 0.717) is 21.9 Å². The number of carbonyl (C=O) groups excluding carboxylic acids is 2. The van der Waals surface area contributed by atoms with E-state index < -0.39 is 11.7 Å². The quantitative estimate of drug-likeness (QED) is 0.857. The molecule has 0 radical (unpaired) electrons. The predicted octanol–water partition coefficient (Wildman–Crippen LogP) is 2.87. The summed E-state index contributed by atoms with van der Waals surface area (Å²) in [5, 5.41) is 7.31. The van der Waals surface area contributed by atoms with Crippen LogP contribution in [0.2, 0.25) is 5.02 Å². The van der Waals surface area contributed by atoms with Crippen LogP contribution in [0.3, 0.4) is 0 Å². The van der Waals surface area contributed by atoms with Crippen molar-refractivity contribution in [1.82, 2.24) is 9.78 Å². The second-order valence-electron chi connectivity index (χ2n) is 4.16. The van der Waals surface area contributed by atoms with E-state index >= 15 is 0 Å². The van der Waals surface area contributed by atoms with E-state index in [0.717, 1.165) is 5.56 Å². The Bertz CT molecular complexity index is 652. The Balaban J connectivity index is 2.12. The Labute approximate surface area is 129 Å². The maximum Gasteiger partial charge on any atom is 0.292 e. The first-order valence-electron chi connectivity index (χ1n) is 5.75. The number of hydrogen-bond donors (Lipinski definition) is 1. The number of ketones is 1. The largest absolute Gasteiger partial charge is 0.302 e. The number of nitrogens with one attached hydrogen (secondary N) is 1. The summed E-state index contributed by atoms with van der Waals surface area (Å²) in [5.41, 5.74) is 1.02. The number of carbonyl (C=O) groups is 2. The third-order valence-corrected chi connectivity index (χ3v) is 3.36. The van der Waals surface area contributed by atoms with E-state index in [1.54, 1.807) is 23.0 Å². The van der Waals surface area contributed by atoms with E-state index in [2.05, 4.69) is 26.3 Å². The van der Waals surface area contributed by atoms with Gasteiger partial charge in [0.15, 0.2) is 5.82 Å². The molecule has 0 unspecified atom stereocenters. The van der Waals surface area contributed by atoms with Gasteiger partial charge in [-0.15, -0.1) is 0 Å². The van der Waals surface area contributed by atoms with Crippen molar-refractivity contribution in [3.8, 4) is 0 Å². The van der Waals surface area contributed by atoms with Crippen LogP contribution in [-0.2, 0) is 16.1 Å². The van der Waals surface area contributed by atoms with E-state index in [1.165, 1.54) is 6.92 Å². The monoisotopic (exact) mass is 355 g/mol. The van der Waals surface area contributed by atoms with E-state index in [4.69, 9.17) is 11.6 Å². The molecule has 1 N–H and O–H groups in total. The molecule has 5 nitrogen and oxygen atoms in total. The number of amides is 1. The number of Topliss-reactive ketones (excluding diaryl/α,β-unsaturated/α-hetero) is 1. The molecule has 104 valence electrons. The van der Waals surface area contributed by atoms with Crippen LogP contribution in [0.1, 0.15) is 12.5 Å². The molecule has 2 rings (SSSR count). The number of nitrogens with zero attached hydrogens (tertiary/aromatic N) is 2. The van der Waals surface area contributed by atoms with Crippen molar-refractivity contribution in [2.75, 3.05) is 5.32 Å². The number of halogens is 2. The fraction of sp³-hybridized carbons (Fsp3) is 0.154. The second-order valence-corrected chi connectivity index (χ2v) is 5.45. The summed E-state index contributed by atoms with van der Waals surface area (Å²) in [6.45, 7) is 1.74. The van der Waals surface area contributed by atoms with Gasteiger partial charge >= 0.3 is 0 Å². The highest BCUT2D eigenvalue weighted by Gasteiger charge is 2.13. The highest BCUT2D eigenvalue weighted by atomic mass is 79.9. The van der Waals surface area contributed by atoms with Gasteiger partial charge in [-0.05, 0) is 33.6 Å². The molecular weight excluding hydrogens is 346 g/mol. The van der Waals surface area contributed by atoms with Crippen molar-refractivity contribution < 1.29 is 9.59 Å². The van der Waals surface area contributed by atoms with Crippen LogP contribution in [0.15, 0.2) is 34.9 Å². The lowest BCUT2D eigenvalue weighted by atomic mass is 10.2. The van der Waals surface area contributed by atoms with Crippen LogP contribution >= 0.6 is 27.5 Å². The summed E-state index contributed by atoms with van der Waals surface area (Å²) in [5.74, 6) is -0.939. The average molecular weight is 357 g/mol. The van der Waals surface area contributed by atoms with Crippen molar-refractivity contribution in [2.24, 2.45) is 0 Å². The van der Waals surface area contributed by atoms with Gasteiger partial charge in [0.25, 0.3) is 5.91 Å².